The topological polar surface area (TPSA) is 6.48 Å². The SMILES string of the molecule is Cc1ccc(N(c2cccc(C)c2)c2ccc(N(c3ccc(C)cc3)c3cccc(C)c3)c(-c3ccccc3)c2-c2ccccc2)cc1. The van der Waals surface area contributed by atoms with E-state index in [0.717, 1.165) is 45.3 Å². The molecule has 0 atom stereocenters. The van der Waals surface area contributed by atoms with E-state index < -0.39 is 0 Å². The predicted octanol–water partition coefficient (Wildman–Crippen LogP) is 13.2. The minimum absolute atomic E-state index is 1.12. The molecular formula is C46H40N2. The quantitative estimate of drug-likeness (QED) is 0.167. The molecule has 7 aromatic rings. The molecule has 0 aliphatic rings. The lowest BCUT2D eigenvalue weighted by molar-refractivity contribution is 1.24. The Kier molecular flexibility index (Phi) is 8.64. The number of nitrogens with zero attached hydrogens (tertiary/aromatic N) is 2. The van der Waals surface area contributed by atoms with Crippen LogP contribution in [-0.2, 0) is 0 Å². The van der Waals surface area contributed by atoms with Crippen LogP contribution in [0.4, 0.5) is 34.1 Å². The van der Waals surface area contributed by atoms with Gasteiger partial charge in [-0.15, -0.1) is 0 Å². The van der Waals surface area contributed by atoms with Crippen molar-refractivity contribution in [2.75, 3.05) is 9.80 Å². The lowest BCUT2D eigenvalue weighted by atomic mass is 9.89. The fourth-order valence-corrected chi connectivity index (χ4v) is 6.52. The molecule has 0 aliphatic heterocycles. The average molecular weight is 621 g/mol. The summed E-state index contributed by atoms with van der Waals surface area (Å²) < 4.78 is 0. The summed E-state index contributed by atoms with van der Waals surface area (Å²) >= 11 is 0. The van der Waals surface area contributed by atoms with Crippen LogP contribution in [0.3, 0.4) is 0 Å². The maximum Gasteiger partial charge on any atom is 0.0547 e. The molecule has 234 valence electrons. The average Bonchev–Trinajstić information content (AvgIpc) is 3.11. The first-order valence-corrected chi connectivity index (χ1v) is 16.6. The maximum atomic E-state index is 2.41. The number of hydrogen-bond acceptors (Lipinski definition) is 2. The standard InChI is InChI=1S/C46H40N2/c1-33-21-25-39(26-22-33)47(41-19-11-13-35(3)31-41)43-29-30-44(46(38-17-9-6-10-18-38)45(43)37-15-7-5-8-16-37)48(40-27-23-34(2)24-28-40)42-20-12-14-36(4)32-42/h5-32H,1-4H3. The Morgan fingerprint density at radius 1 is 0.292 bits per heavy atom. The molecule has 0 aliphatic carbocycles. The van der Waals surface area contributed by atoms with Crippen molar-refractivity contribution in [1.29, 1.82) is 0 Å². The molecular weight excluding hydrogens is 581 g/mol. The van der Waals surface area contributed by atoms with Gasteiger partial charge in [0.05, 0.1) is 11.4 Å². The first-order chi connectivity index (χ1) is 23.5. The van der Waals surface area contributed by atoms with Gasteiger partial charge in [-0.2, -0.15) is 0 Å². The fraction of sp³-hybridized carbons (Fsp3) is 0.0870. The molecule has 7 aromatic carbocycles. The molecule has 2 nitrogen and oxygen atoms in total. The molecule has 0 radical (unpaired) electrons. The van der Waals surface area contributed by atoms with Crippen molar-refractivity contribution in [1.82, 2.24) is 0 Å². The van der Waals surface area contributed by atoms with Gasteiger partial charge in [0.15, 0.2) is 0 Å². The molecule has 0 unspecified atom stereocenters. The summed E-state index contributed by atoms with van der Waals surface area (Å²) in [7, 11) is 0. The van der Waals surface area contributed by atoms with Crippen molar-refractivity contribution >= 4 is 34.1 Å². The Bertz CT molecular complexity index is 1990. The van der Waals surface area contributed by atoms with Crippen LogP contribution >= 0.6 is 0 Å². The predicted molar refractivity (Wildman–Crippen MR) is 206 cm³/mol. The van der Waals surface area contributed by atoms with Crippen LogP contribution < -0.4 is 9.80 Å². The highest BCUT2D eigenvalue weighted by molar-refractivity contribution is 6.04. The van der Waals surface area contributed by atoms with Crippen molar-refractivity contribution in [3.8, 4) is 22.3 Å². The zero-order valence-electron chi connectivity index (χ0n) is 28.1. The Morgan fingerprint density at radius 2 is 0.667 bits per heavy atom. The maximum absolute atomic E-state index is 2.41. The number of anilines is 6. The Labute approximate surface area is 285 Å². The second kappa shape index (κ2) is 13.5. The van der Waals surface area contributed by atoms with Crippen LogP contribution in [-0.4, -0.2) is 0 Å². The lowest BCUT2D eigenvalue weighted by Crippen LogP contribution is -2.15. The molecule has 0 fully saturated rings. The van der Waals surface area contributed by atoms with E-state index in [-0.39, 0.29) is 0 Å². The Balaban J connectivity index is 1.61. The van der Waals surface area contributed by atoms with Crippen molar-refractivity contribution < 1.29 is 0 Å². The summed E-state index contributed by atoms with van der Waals surface area (Å²) in [5, 5.41) is 0. The van der Waals surface area contributed by atoms with Crippen LogP contribution in [0.15, 0.2) is 170 Å². The second-order valence-corrected chi connectivity index (χ2v) is 12.6. The molecule has 0 saturated heterocycles. The van der Waals surface area contributed by atoms with Gasteiger partial charge in [0.25, 0.3) is 0 Å². The van der Waals surface area contributed by atoms with E-state index >= 15 is 0 Å². The molecule has 7 rings (SSSR count). The van der Waals surface area contributed by atoms with Gasteiger partial charge in [0.1, 0.15) is 0 Å². The van der Waals surface area contributed by atoms with Crippen molar-refractivity contribution in [2.24, 2.45) is 0 Å². The van der Waals surface area contributed by atoms with Crippen molar-refractivity contribution in [3.63, 3.8) is 0 Å². The summed E-state index contributed by atoms with van der Waals surface area (Å²) in [4.78, 5) is 4.82. The van der Waals surface area contributed by atoms with Crippen LogP contribution in [0.1, 0.15) is 22.3 Å². The van der Waals surface area contributed by atoms with E-state index in [0.29, 0.717) is 0 Å². The van der Waals surface area contributed by atoms with Gasteiger partial charge in [-0.25, -0.2) is 0 Å². The highest BCUT2D eigenvalue weighted by Gasteiger charge is 2.26. The Hall–Kier alpha value is -5.86. The van der Waals surface area contributed by atoms with Crippen LogP contribution in [0.2, 0.25) is 0 Å². The zero-order valence-corrected chi connectivity index (χ0v) is 28.1. The van der Waals surface area contributed by atoms with Gasteiger partial charge < -0.3 is 9.80 Å². The molecule has 0 amide bonds. The molecule has 0 N–H and O–H groups in total. The third kappa shape index (κ3) is 6.26. The highest BCUT2D eigenvalue weighted by atomic mass is 15.2. The summed E-state index contributed by atoms with van der Waals surface area (Å²) in [6, 6.07) is 61.6. The minimum Gasteiger partial charge on any atom is -0.310 e. The van der Waals surface area contributed by atoms with Crippen LogP contribution in [0.5, 0.6) is 0 Å². The number of rotatable bonds is 8. The fourth-order valence-electron chi connectivity index (χ4n) is 6.52. The van der Waals surface area contributed by atoms with Gasteiger partial charge in [-0.3, -0.25) is 0 Å². The van der Waals surface area contributed by atoms with Gasteiger partial charge in [0, 0.05) is 33.9 Å². The first kappa shape index (κ1) is 30.8. The molecule has 0 heterocycles. The van der Waals surface area contributed by atoms with E-state index in [2.05, 4.69) is 207 Å². The lowest BCUT2D eigenvalue weighted by Gasteiger charge is -2.33. The smallest absolute Gasteiger partial charge is 0.0547 e. The van der Waals surface area contributed by atoms with Crippen molar-refractivity contribution in [3.05, 3.63) is 192 Å². The van der Waals surface area contributed by atoms with Crippen LogP contribution in [0, 0.1) is 27.7 Å². The van der Waals surface area contributed by atoms with Gasteiger partial charge >= 0.3 is 0 Å². The molecule has 2 heteroatoms. The van der Waals surface area contributed by atoms with E-state index in [1.54, 1.807) is 0 Å². The summed E-state index contributed by atoms with van der Waals surface area (Å²) in [5.74, 6) is 0. The van der Waals surface area contributed by atoms with Gasteiger partial charge in [-0.1, -0.05) is 120 Å². The van der Waals surface area contributed by atoms with Crippen molar-refractivity contribution in [2.45, 2.75) is 27.7 Å². The minimum atomic E-state index is 1.12. The highest BCUT2D eigenvalue weighted by Crippen LogP contribution is 2.51. The van der Waals surface area contributed by atoms with Gasteiger partial charge in [-0.05, 0) is 111 Å². The first-order valence-electron chi connectivity index (χ1n) is 16.6. The third-order valence-corrected chi connectivity index (χ3v) is 8.87. The molecule has 0 aromatic heterocycles. The van der Waals surface area contributed by atoms with Gasteiger partial charge in [0.2, 0.25) is 0 Å². The number of benzene rings is 7. The molecule has 0 bridgehead atoms. The summed E-state index contributed by atoms with van der Waals surface area (Å²) in [6.45, 7) is 8.61. The van der Waals surface area contributed by atoms with E-state index in [1.807, 2.05) is 0 Å². The second-order valence-electron chi connectivity index (χ2n) is 12.6. The summed E-state index contributed by atoms with van der Waals surface area (Å²) in [6.07, 6.45) is 0. The normalized spacial score (nSPS) is 10.9. The van der Waals surface area contributed by atoms with E-state index in [9.17, 15) is 0 Å². The van der Waals surface area contributed by atoms with Crippen LogP contribution in [0.25, 0.3) is 22.3 Å². The van der Waals surface area contributed by atoms with E-state index in [4.69, 9.17) is 0 Å². The zero-order chi connectivity index (χ0) is 33.0. The monoisotopic (exact) mass is 620 g/mol. The molecule has 0 saturated carbocycles. The number of aryl methyl sites for hydroxylation is 4. The third-order valence-electron chi connectivity index (χ3n) is 8.87. The number of hydrogen-bond donors (Lipinski definition) is 0. The molecule has 0 spiro atoms. The summed E-state index contributed by atoms with van der Waals surface area (Å²) in [5.41, 5.74) is 16.3. The Morgan fingerprint density at radius 3 is 1.02 bits per heavy atom. The molecule has 48 heavy (non-hydrogen) atoms. The largest absolute Gasteiger partial charge is 0.310 e. The van der Waals surface area contributed by atoms with E-state index in [1.165, 1.54) is 33.4 Å².